The number of nitrogens with two attached hydrogens (primary N) is 1. The monoisotopic (exact) mass is 236 g/mol. The zero-order valence-corrected chi connectivity index (χ0v) is 10.1. The van der Waals surface area contributed by atoms with Crippen molar-refractivity contribution < 1.29 is 0 Å². The van der Waals surface area contributed by atoms with Gasteiger partial charge in [0, 0.05) is 21.7 Å². The summed E-state index contributed by atoms with van der Waals surface area (Å²) in [4.78, 5) is 6.53. The van der Waals surface area contributed by atoms with E-state index in [1.807, 2.05) is 18.0 Å². The number of aromatic nitrogens is 1. The van der Waals surface area contributed by atoms with Crippen molar-refractivity contribution in [1.29, 1.82) is 0 Å². The maximum absolute atomic E-state index is 5.57. The molecule has 0 atom stereocenters. The fourth-order valence-corrected chi connectivity index (χ4v) is 2.78. The molecule has 2 nitrogen and oxygen atoms in total. The van der Waals surface area contributed by atoms with Crippen LogP contribution in [0.25, 0.3) is 0 Å². The SMILES string of the molecule is Cc1ccc(SCc2cnc(N)s2)cc1. The summed E-state index contributed by atoms with van der Waals surface area (Å²) >= 11 is 3.37. The van der Waals surface area contributed by atoms with Crippen LogP contribution in [0.5, 0.6) is 0 Å². The number of rotatable bonds is 3. The average molecular weight is 236 g/mol. The Morgan fingerprint density at radius 1 is 1.33 bits per heavy atom. The molecule has 0 bridgehead atoms. The highest BCUT2D eigenvalue weighted by molar-refractivity contribution is 7.98. The van der Waals surface area contributed by atoms with E-state index in [4.69, 9.17) is 5.73 Å². The molecule has 0 unspecified atom stereocenters. The highest BCUT2D eigenvalue weighted by atomic mass is 32.2. The van der Waals surface area contributed by atoms with E-state index in [0.717, 1.165) is 5.75 Å². The lowest BCUT2D eigenvalue weighted by Crippen LogP contribution is -1.77. The summed E-state index contributed by atoms with van der Waals surface area (Å²) in [6, 6.07) is 8.54. The number of nitrogens with zero attached hydrogens (tertiary/aromatic N) is 1. The molecule has 0 aliphatic rings. The van der Waals surface area contributed by atoms with Crippen molar-refractivity contribution in [2.45, 2.75) is 17.6 Å². The number of anilines is 1. The second-order valence-electron chi connectivity index (χ2n) is 3.27. The molecule has 1 aromatic heterocycles. The average Bonchev–Trinajstić information content (AvgIpc) is 2.64. The molecule has 1 aromatic carbocycles. The van der Waals surface area contributed by atoms with Gasteiger partial charge in [-0.2, -0.15) is 0 Å². The normalized spacial score (nSPS) is 10.5. The minimum Gasteiger partial charge on any atom is -0.375 e. The van der Waals surface area contributed by atoms with Gasteiger partial charge in [0.15, 0.2) is 5.13 Å². The van der Waals surface area contributed by atoms with Crippen LogP contribution in [0.2, 0.25) is 0 Å². The largest absolute Gasteiger partial charge is 0.375 e. The molecule has 0 amide bonds. The fraction of sp³-hybridized carbons (Fsp3) is 0.182. The van der Waals surface area contributed by atoms with Gasteiger partial charge in [0.1, 0.15) is 0 Å². The smallest absolute Gasteiger partial charge is 0.180 e. The summed E-state index contributed by atoms with van der Waals surface area (Å²) in [5.41, 5.74) is 6.86. The number of aryl methyl sites for hydroxylation is 1. The Kier molecular flexibility index (Phi) is 3.28. The van der Waals surface area contributed by atoms with Crippen LogP contribution in [0.15, 0.2) is 35.4 Å². The van der Waals surface area contributed by atoms with Crippen LogP contribution in [0.1, 0.15) is 10.4 Å². The van der Waals surface area contributed by atoms with Crippen molar-refractivity contribution in [3.05, 3.63) is 40.9 Å². The van der Waals surface area contributed by atoms with Crippen LogP contribution in [-0.2, 0) is 5.75 Å². The predicted octanol–water partition coefficient (Wildman–Crippen LogP) is 3.33. The summed E-state index contributed by atoms with van der Waals surface area (Å²) in [6.07, 6.45) is 1.85. The van der Waals surface area contributed by atoms with Gasteiger partial charge in [0.05, 0.1) is 0 Å². The molecular weight excluding hydrogens is 224 g/mol. The number of hydrogen-bond acceptors (Lipinski definition) is 4. The summed E-state index contributed by atoms with van der Waals surface area (Å²) < 4.78 is 0. The second-order valence-corrected chi connectivity index (χ2v) is 5.46. The molecule has 0 saturated carbocycles. The van der Waals surface area contributed by atoms with Gasteiger partial charge in [-0.25, -0.2) is 4.98 Å². The molecule has 15 heavy (non-hydrogen) atoms. The third-order valence-electron chi connectivity index (χ3n) is 1.97. The molecular formula is C11H12N2S2. The lowest BCUT2D eigenvalue weighted by Gasteiger charge is -1.99. The number of benzene rings is 1. The van der Waals surface area contributed by atoms with E-state index in [1.54, 1.807) is 11.3 Å². The second kappa shape index (κ2) is 4.68. The first-order valence-electron chi connectivity index (χ1n) is 4.64. The van der Waals surface area contributed by atoms with Gasteiger partial charge in [0.25, 0.3) is 0 Å². The van der Waals surface area contributed by atoms with Gasteiger partial charge in [-0.3, -0.25) is 0 Å². The van der Waals surface area contributed by atoms with E-state index >= 15 is 0 Å². The van der Waals surface area contributed by atoms with Gasteiger partial charge >= 0.3 is 0 Å². The molecule has 2 aromatic rings. The molecule has 2 N–H and O–H groups in total. The van der Waals surface area contributed by atoms with Crippen LogP contribution in [0.4, 0.5) is 5.13 Å². The minimum absolute atomic E-state index is 0.648. The lowest BCUT2D eigenvalue weighted by atomic mass is 10.2. The Bertz CT molecular complexity index is 434. The van der Waals surface area contributed by atoms with Crippen molar-refractivity contribution in [3.8, 4) is 0 Å². The first-order valence-corrected chi connectivity index (χ1v) is 6.44. The molecule has 1 heterocycles. The minimum atomic E-state index is 0.648. The van der Waals surface area contributed by atoms with Crippen molar-refractivity contribution in [2.24, 2.45) is 0 Å². The van der Waals surface area contributed by atoms with E-state index in [1.165, 1.54) is 15.3 Å². The quantitative estimate of drug-likeness (QED) is 0.831. The Balaban J connectivity index is 1.96. The molecule has 0 aliphatic heterocycles. The maximum atomic E-state index is 5.57. The summed E-state index contributed by atoms with van der Waals surface area (Å²) in [5.74, 6) is 0.942. The van der Waals surface area contributed by atoms with Crippen LogP contribution in [0.3, 0.4) is 0 Å². The Labute approximate surface area is 97.5 Å². The maximum Gasteiger partial charge on any atom is 0.180 e. The standard InChI is InChI=1S/C11H12N2S2/c1-8-2-4-9(5-3-8)14-7-10-6-13-11(12)15-10/h2-6H,7H2,1H3,(H2,12,13). The van der Waals surface area contributed by atoms with Crippen LogP contribution < -0.4 is 5.73 Å². The zero-order chi connectivity index (χ0) is 10.7. The van der Waals surface area contributed by atoms with Crippen LogP contribution in [0, 0.1) is 6.92 Å². The molecule has 4 heteroatoms. The molecule has 78 valence electrons. The van der Waals surface area contributed by atoms with E-state index in [-0.39, 0.29) is 0 Å². The molecule has 0 fully saturated rings. The molecule has 0 radical (unpaired) electrons. The van der Waals surface area contributed by atoms with Gasteiger partial charge in [-0.1, -0.05) is 17.7 Å². The summed E-state index contributed by atoms with van der Waals surface area (Å²) in [6.45, 7) is 2.10. The number of thiazole rings is 1. The Hall–Kier alpha value is -1.00. The van der Waals surface area contributed by atoms with Gasteiger partial charge in [-0.15, -0.1) is 23.1 Å². The van der Waals surface area contributed by atoms with Crippen LogP contribution >= 0.6 is 23.1 Å². The third kappa shape index (κ3) is 2.97. The van der Waals surface area contributed by atoms with Gasteiger partial charge < -0.3 is 5.73 Å². The first kappa shape index (κ1) is 10.5. The molecule has 0 aliphatic carbocycles. The Morgan fingerprint density at radius 2 is 2.07 bits per heavy atom. The van der Waals surface area contributed by atoms with E-state index in [2.05, 4.69) is 36.2 Å². The number of hydrogen-bond donors (Lipinski definition) is 1. The topological polar surface area (TPSA) is 38.9 Å². The van der Waals surface area contributed by atoms with Gasteiger partial charge in [-0.05, 0) is 19.1 Å². The molecule has 0 spiro atoms. The van der Waals surface area contributed by atoms with Crippen molar-refractivity contribution >= 4 is 28.2 Å². The fourth-order valence-electron chi connectivity index (χ4n) is 1.18. The van der Waals surface area contributed by atoms with E-state index in [0.29, 0.717) is 5.13 Å². The Morgan fingerprint density at radius 3 is 2.67 bits per heavy atom. The summed E-state index contributed by atoms with van der Waals surface area (Å²) in [5, 5.41) is 0.648. The first-order chi connectivity index (χ1) is 7.24. The van der Waals surface area contributed by atoms with Gasteiger partial charge in [0.2, 0.25) is 0 Å². The summed E-state index contributed by atoms with van der Waals surface area (Å²) in [7, 11) is 0. The zero-order valence-electron chi connectivity index (χ0n) is 8.43. The van der Waals surface area contributed by atoms with E-state index < -0.39 is 0 Å². The molecule has 0 saturated heterocycles. The van der Waals surface area contributed by atoms with Crippen molar-refractivity contribution in [1.82, 2.24) is 4.98 Å². The van der Waals surface area contributed by atoms with E-state index in [9.17, 15) is 0 Å². The highest BCUT2D eigenvalue weighted by Crippen LogP contribution is 2.26. The third-order valence-corrected chi connectivity index (χ3v) is 4.04. The van der Waals surface area contributed by atoms with Crippen LogP contribution in [-0.4, -0.2) is 4.98 Å². The number of thioether (sulfide) groups is 1. The predicted molar refractivity (Wildman–Crippen MR) is 67.3 cm³/mol. The number of nitrogen functional groups attached to an aromatic ring is 1. The lowest BCUT2D eigenvalue weighted by molar-refractivity contribution is 1.35. The van der Waals surface area contributed by atoms with Crippen molar-refractivity contribution in [3.63, 3.8) is 0 Å². The highest BCUT2D eigenvalue weighted by Gasteiger charge is 1.99. The van der Waals surface area contributed by atoms with Crippen molar-refractivity contribution in [2.75, 3.05) is 5.73 Å². The molecule has 2 rings (SSSR count).